The zero-order valence-corrected chi connectivity index (χ0v) is 14.3. The smallest absolute Gasteiger partial charge is 0.410 e. The number of piperidine rings is 1. The summed E-state index contributed by atoms with van der Waals surface area (Å²) in [6.45, 7) is 6.00. The average Bonchev–Trinajstić information content (AvgIpc) is 2.44. The van der Waals surface area contributed by atoms with E-state index in [1.807, 2.05) is 0 Å². The summed E-state index contributed by atoms with van der Waals surface area (Å²) in [6, 6.07) is 4.54. The summed E-state index contributed by atoms with van der Waals surface area (Å²) < 4.78 is 18.9. The van der Waals surface area contributed by atoms with E-state index in [2.05, 4.69) is 0 Å². The van der Waals surface area contributed by atoms with Gasteiger partial charge in [-0.25, -0.2) is 9.18 Å². The van der Waals surface area contributed by atoms with E-state index in [1.54, 1.807) is 32.9 Å². The highest BCUT2D eigenvalue weighted by Gasteiger charge is 2.32. The largest absolute Gasteiger partial charge is 0.444 e. The first-order valence-corrected chi connectivity index (χ1v) is 7.98. The van der Waals surface area contributed by atoms with Crippen LogP contribution in [0.2, 0.25) is 5.02 Å². The standard InChI is InChI=1S/C17H21ClFNO3/c1-17(2,3)23-16(22)20-8-7-14(21)12(10-20)9-11-5-4-6-13(19)15(11)18/h4-6,12H,7-10H2,1-3H3. The molecule has 1 atom stereocenters. The monoisotopic (exact) mass is 341 g/mol. The number of Topliss-reactive ketones (excluding diaryl/α,β-unsaturated/α-hetero) is 1. The predicted molar refractivity (Wildman–Crippen MR) is 86.0 cm³/mol. The highest BCUT2D eigenvalue weighted by atomic mass is 35.5. The highest BCUT2D eigenvalue weighted by molar-refractivity contribution is 6.31. The van der Waals surface area contributed by atoms with Gasteiger partial charge < -0.3 is 9.64 Å². The van der Waals surface area contributed by atoms with Crippen molar-refractivity contribution < 1.29 is 18.7 Å². The van der Waals surface area contributed by atoms with Gasteiger partial charge in [0.15, 0.2) is 0 Å². The quantitative estimate of drug-likeness (QED) is 0.821. The van der Waals surface area contributed by atoms with Gasteiger partial charge in [0.2, 0.25) is 0 Å². The highest BCUT2D eigenvalue weighted by Crippen LogP contribution is 2.26. The molecule has 1 unspecified atom stereocenters. The second kappa shape index (κ2) is 6.87. The summed E-state index contributed by atoms with van der Waals surface area (Å²) in [6.07, 6.45) is 0.159. The average molecular weight is 342 g/mol. The van der Waals surface area contributed by atoms with Crippen molar-refractivity contribution in [1.29, 1.82) is 0 Å². The fourth-order valence-corrected chi connectivity index (χ4v) is 2.75. The Morgan fingerprint density at radius 3 is 2.78 bits per heavy atom. The molecule has 0 bridgehead atoms. The Morgan fingerprint density at radius 2 is 2.13 bits per heavy atom. The lowest BCUT2D eigenvalue weighted by atomic mass is 9.90. The first-order valence-electron chi connectivity index (χ1n) is 7.61. The van der Waals surface area contributed by atoms with Crippen LogP contribution in [0.3, 0.4) is 0 Å². The normalized spacial score (nSPS) is 18.9. The molecule has 23 heavy (non-hydrogen) atoms. The van der Waals surface area contributed by atoms with Crippen molar-refractivity contribution in [3.8, 4) is 0 Å². The summed E-state index contributed by atoms with van der Waals surface area (Å²) in [7, 11) is 0. The van der Waals surface area contributed by atoms with E-state index >= 15 is 0 Å². The van der Waals surface area contributed by atoms with Crippen LogP contribution >= 0.6 is 11.6 Å². The number of ether oxygens (including phenoxy) is 1. The van der Waals surface area contributed by atoms with Gasteiger partial charge in [-0.15, -0.1) is 0 Å². The van der Waals surface area contributed by atoms with E-state index in [0.717, 1.165) is 0 Å². The lowest BCUT2D eigenvalue weighted by molar-refractivity contribution is -0.125. The summed E-state index contributed by atoms with van der Waals surface area (Å²) in [5.41, 5.74) is -0.00375. The number of carbonyl (C=O) groups excluding carboxylic acids is 2. The number of amides is 1. The van der Waals surface area contributed by atoms with Crippen molar-refractivity contribution in [1.82, 2.24) is 4.90 Å². The van der Waals surface area contributed by atoms with Gasteiger partial charge in [-0.3, -0.25) is 4.79 Å². The molecule has 1 aliphatic heterocycles. The minimum atomic E-state index is -0.583. The molecular weight excluding hydrogens is 321 g/mol. The number of rotatable bonds is 2. The molecule has 1 aliphatic rings. The fourth-order valence-electron chi connectivity index (χ4n) is 2.55. The van der Waals surface area contributed by atoms with E-state index in [9.17, 15) is 14.0 Å². The van der Waals surface area contributed by atoms with Crippen LogP contribution in [0.4, 0.5) is 9.18 Å². The van der Waals surface area contributed by atoms with Gasteiger partial charge in [-0.2, -0.15) is 0 Å². The summed E-state index contributed by atoms with van der Waals surface area (Å²) in [4.78, 5) is 25.8. The van der Waals surface area contributed by atoms with Gasteiger partial charge in [-0.1, -0.05) is 23.7 Å². The first-order chi connectivity index (χ1) is 10.7. The minimum Gasteiger partial charge on any atom is -0.444 e. The molecule has 6 heteroatoms. The van der Waals surface area contributed by atoms with Crippen LogP contribution in [0.25, 0.3) is 0 Å². The molecule has 1 aromatic carbocycles. The number of halogens is 2. The Labute approximate surface area is 140 Å². The molecule has 1 saturated heterocycles. The third kappa shape index (κ3) is 4.67. The Balaban J connectivity index is 2.08. The van der Waals surface area contributed by atoms with Gasteiger partial charge in [0.25, 0.3) is 0 Å². The molecule has 4 nitrogen and oxygen atoms in total. The van der Waals surface area contributed by atoms with Crippen LogP contribution < -0.4 is 0 Å². The Hall–Kier alpha value is -1.62. The van der Waals surface area contributed by atoms with Crippen LogP contribution in [0, 0.1) is 11.7 Å². The fraction of sp³-hybridized carbons (Fsp3) is 0.529. The molecule has 0 spiro atoms. The maximum atomic E-state index is 13.5. The van der Waals surface area contributed by atoms with Crippen LogP contribution in [-0.4, -0.2) is 35.5 Å². The first kappa shape index (κ1) is 17.7. The third-order valence-electron chi connectivity index (χ3n) is 3.67. The molecule has 0 aliphatic carbocycles. The summed E-state index contributed by atoms with van der Waals surface area (Å²) >= 11 is 5.95. The van der Waals surface area contributed by atoms with Gasteiger partial charge in [0, 0.05) is 25.4 Å². The third-order valence-corrected chi connectivity index (χ3v) is 4.10. The van der Waals surface area contributed by atoms with Crippen molar-refractivity contribution in [3.63, 3.8) is 0 Å². The maximum absolute atomic E-state index is 13.5. The molecule has 1 amide bonds. The van der Waals surface area contributed by atoms with Gasteiger partial charge >= 0.3 is 6.09 Å². The molecule has 2 rings (SSSR count). The molecule has 1 aromatic rings. The lowest BCUT2D eigenvalue weighted by Crippen LogP contribution is -2.46. The maximum Gasteiger partial charge on any atom is 0.410 e. The number of nitrogens with zero attached hydrogens (tertiary/aromatic N) is 1. The molecule has 0 aromatic heterocycles. The van der Waals surface area contributed by atoms with Crippen molar-refractivity contribution in [2.24, 2.45) is 5.92 Å². The number of ketones is 1. The van der Waals surface area contributed by atoms with Crippen molar-refractivity contribution in [2.75, 3.05) is 13.1 Å². The second-order valence-corrected chi connectivity index (χ2v) is 7.13. The number of hydrogen-bond donors (Lipinski definition) is 0. The summed E-state index contributed by atoms with van der Waals surface area (Å²) in [5, 5.41) is 0.0368. The van der Waals surface area contributed by atoms with E-state index in [1.165, 1.54) is 11.0 Å². The van der Waals surface area contributed by atoms with Crippen LogP contribution in [-0.2, 0) is 16.0 Å². The van der Waals surface area contributed by atoms with Gasteiger partial charge in [-0.05, 0) is 38.8 Å². The van der Waals surface area contributed by atoms with E-state index < -0.39 is 23.4 Å². The Kier molecular flexibility index (Phi) is 5.30. The van der Waals surface area contributed by atoms with Crippen LogP contribution in [0.1, 0.15) is 32.8 Å². The molecule has 1 heterocycles. The van der Waals surface area contributed by atoms with Gasteiger partial charge in [0.05, 0.1) is 5.02 Å². The molecule has 126 valence electrons. The van der Waals surface area contributed by atoms with Crippen molar-refractivity contribution >= 4 is 23.5 Å². The number of benzene rings is 1. The van der Waals surface area contributed by atoms with E-state index in [4.69, 9.17) is 16.3 Å². The Morgan fingerprint density at radius 1 is 1.43 bits per heavy atom. The number of carbonyl (C=O) groups is 2. The molecule has 0 N–H and O–H groups in total. The Bertz CT molecular complexity index is 612. The lowest BCUT2D eigenvalue weighted by Gasteiger charge is -2.33. The number of hydrogen-bond acceptors (Lipinski definition) is 3. The van der Waals surface area contributed by atoms with Crippen LogP contribution in [0.5, 0.6) is 0 Å². The van der Waals surface area contributed by atoms with E-state index in [-0.39, 0.29) is 23.8 Å². The van der Waals surface area contributed by atoms with E-state index in [0.29, 0.717) is 18.5 Å². The zero-order chi connectivity index (χ0) is 17.2. The molecule has 1 fully saturated rings. The SMILES string of the molecule is CC(C)(C)OC(=O)N1CCC(=O)C(Cc2cccc(F)c2Cl)C1. The zero-order valence-electron chi connectivity index (χ0n) is 13.6. The van der Waals surface area contributed by atoms with Crippen LogP contribution in [0.15, 0.2) is 18.2 Å². The minimum absolute atomic E-state index is 0.0368. The topological polar surface area (TPSA) is 46.6 Å². The van der Waals surface area contributed by atoms with Crippen molar-refractivity contribution in [3.05, 3.63) is 34.6 Å². The predicted octanol–water partition coefficient (Wildman–Crippen LogP) is 3.85. The van der Waals surface area contributed by atoms with Crippen molar-refractivity contribution in [2.45, 2.75) is 39.2 Å². The number of likely N-dealkylation sites (tertiary alicyclic amines) is 1. The van der Waals surface area contributed by atoms with Gasteiger partial charge in [0.1, 0.15) is 17.2 Å². The molecule has 0 radical (unpaired) electrons. The summed E-state index contributed by atoms with van der Waals surface area (Å²) in [5.74, 6) is -0.836. The molecule has 0 saturated carbocycles. The second-order valence-electron chi connectivity index (χ2n) is 6.76. The molecular formula is C17H21ClFNO3.